The van der Waals surface area contributed by atoms with Crippen LogP contribution in [-0.2, 0) is 11.2 Å². The Bertz CT molecular complexity index is 382. The molecule has 0 N–H and O–H groups in total. The van der Waals surface area contributed by atoms with E-state index in [2.05, 4.69) is 52.0 Å². The Morgan fingerprint density at radius 3 is 1.81 bits per heavy atom. The Labute approximate surface area is 171 Å². The topological polar surface area (TPSA) is 26.3 Å². The number of hydrogen-bond acceptors (Lipinski definition) is 2. The molecule has 0 saturated carbocycles. The monoisotopic (exact) mass is 380 g/mol. The van der Waals surface area contributed by atoms with Gasteiger partial charge in [0.25, 0.3) is 0 Å². The first-order chi connectivity index (χ1) is 13.2. The van der Waals surface area contributed by atoms with Gasteiger partial charge in [-0.1, -0.05) is 80.4 Å². The first-order valence-electron chi connectivity index (χ1n) is 11.4. The average Bonchev–Trinajstić information content (AvgIpc) is 2.70. The second kappa shape index (κ2) is 26.9. The third-order valence-corrected chi connectivity index (χ3v) is 3.36. The number of rotatable bonds is 11. The number of ketones is 1. The molecule has 160 valence electrons. The van der Waals surface area contributed by atoms with Crippen LogP contribution in [0.15, 0.2) is 24.3 Å². The molecule has 0 fully saturated rings. The quantitative estimate of drug-likeness (QED) is 0.360. The van der Waals surface area contributed by atoms with Gasteiger partial charge in [-0.05, 0) is 49.8 Å². The fourth-order valence-electron chi connectivity index (χ4n) is 2.24. The number of benzene rings is 1. The molecule has 0 aliphatic heterocycles. The predicted molar refractivity (Wildman–Crippen MR) is 123 cm³/mol. The van der Waals surface area contributed by atoms with Gasteiger partial charge >= 0.3 is 0 Å². The van der Waals surface area contributed by atoms with Crippen LogP contribution in [0.25, 0.3) is 0 Å². The standard InChI is InChI=1S/C18H28O2.C3H8.2C2H6/c1-3-8-16-11-13-18(14-12-16)20-15-7-5-6-10-17(19)9-4-2;1-3-2;2*1-2/h11-14H,3-10,15H2,1-2H3;3H2,1-2H3;2*1-2H3. The van der Waals surface area contributed by atoms with Crippen LogP contribution in [0.2, 0.25) is 0 Å². The van der Waals surface area contributed by atoms with E-state index < -0.39 is 0 Å². The molecule has 0 radical (unpaired) electrons. The van der Waals surface area contributed by atoms with Crippen LogP contribution in [0.1, 0.15) is 112 Å². The van der Waals surface area contributed by atoms with E-state index in [9.17, 15) is 4.79 Å². The SMILES string of the molecule is CC.CC.CCC.CCCC(=O)CCCCCOc1ccc(CCC)cc1. The van der Waals surface area contributed by atoms with Crippen molar-refractivity contribution in [1.29, 1.82) is 0 Å². The molecule has 0 atom stereocenters. The van der Waals surface area contributed by atoms with Gasteiger partial charge in [0.1, 0.15) is 11.5 Å². The molecule has 1 aromatic carbocycles. The molecule has 0 amide bonds. The molecule has 2 heteroatoms. The molecule has 1 rings (SSSR count). The van der Waals surface area contributed by atoms with E-state index in [0.717, 1.165) is 57.3 Å². The van der Waals surface area contributed by atoms with E-state index in [0.29, 0.717) is 5.78 Å². The van der Waals surface area contributed by atoms with Crippen molar-refractivity contribution >= 4 is 5.78 Å². The minimum Gasteiger partial charge on any atom is -0.494 e. The summed E-state index contributed by atoms with van der Waals surface area (Å²) < 4.78 is 5.71. The molecule has 0 spiro atoms. The van der Waals surface area contributed by atoms with E-state index in [1.54, 1.807) is 0 Å². The van der Waals surface area contributed by atoms with E-state index in [-0.39, 0.29) is 0 Å². The fourth-order valence-corrected chi connectivity index (χ4v) is 2.24. The summed E-state index contributed by atoms with van der Waals surface area (Å²) in [5, 5.41) is 0. The second-order valence-electron chi connectivity index (χ2n) is 6.05. The Morgan fingerprint density at radius 1 is 0.778 bits per heavy atom. The molecule has 0 aromatic heterocycles. The smallest absolute Gasteiger partial charge is 0.132 e. The second-order valence-corrected chi connectivity index (χ2v) is 6.05. The molecule has 0 aliphatic rings. The highest BCUT2D eigenvalue weighted by Crippen LogP contribution is 2.14. The molecule has 0 heterocycles. The minimum absolute atomic E-state index is 0.403. The zero-order chi connectivity index (χ0) is 21.3. The van der Waals surface area contributed by atoms with Crippen LogP contribution in [0.3, 0.4) is 0 Å². The number of Topliss-reactive ketones (excluding diaryl/α,β-unsaturated/α-hetero) is 1. The first-order valence-corrected chi connectivity index (χ1v) is 11.4. The zero-order valence-electron chi connectivity index (χ0n) is 19.7. The summed E-state index contributed by atoms with van der Waals surface area (Å²) in [6.45, 7) is 17.2. The molecule has 0 bridgehead atoms. The van der Waals surface area contributed by atoms with Crippen molar-refractivity contribution in [2.45, 2.75) is 113 Å². The molecular weight excluding hydrogens is 332 g/mol. The van der Waals surface area contributed by atoms with Crippen LogP contribution < -0.4 is 4.74 Å². The number of aryl methyl sites for hydroxylation is 1. The normalized spacial score (nSPS) is 8.89. The van der Waals surface area contributed by atoms with Gasteiger partial charge < -0.3 is 4.74 Å². The largest absolute Gasteiger partial charge is 0.494 e. The van der Waals surface area contributed by atoms with Crippen LogP contribution >= 0.6 is 0 Å². The van der Waals surface area contributed by atoms with Gasteiger partial charge in [-0.2, -0.15) is 0 Å². The predicted octanol–water partition coefficient (Wildman–Crippen LogP) is 8.42. The van der Waals surface area contributed by atoms with Gasteiger partial charge in [0, 0.05) is 12.8 Å². The van der Waals surface area contributed by atoms with Gasteiger partial charge in [-0.25, -0.2) is 0 Å². The Hall–Kier alpha value is -1.31. The molecule has 0 unspecified atom stereocenters. The van der Waals surface area contributed by atoms with Gasteiger partial charge in [0.05, 0.1) is 6.61 Å². The summed E-state index contributed by atoms with van der Waals surface area (Å²) in [5.41, 5.74) is 1.37. The summed E-state index contributed by atoms with van der Waals surface area (Å²) in [5.74, 6) is 1.35. The van der Waals surface area contributed by atoms with Gasteiger partial charge in [0.2, 0.25) is 0 Å². The summed E-state index contributed by atoms with van der Waals surface area (Å²) >= 11 is 0. The molecular formula is C25H48O2. The summed E-state index contributed by atoms with van der Waals surface area (Å²) in [7, 11) is 0. The molecule has 0 aliphatic carbocycles. The van der Waals surface area contributed by atoms with Crippen LogP contribution in [0.5, 0.6) is 5.75 Å². The number of carbonyl (C=O) groups is 1. The third kappa shape index (κ3) is 22.6. The lowest BCUT2D eigenvalue weighted by Gasteiger charge is -2.07. The maximum atomic E-state index is 11.4. The van der Waals surface area contributed by atoms with E-state index in [4.69, 9.17) is 4.74 Å². The zero-order valence-corrected chi connectivity index (χ0v) is 19.7. The van der Waals surface area contributed by atoms with E-state index >= 15 is 0 Å². The summed E-state index contributed by atoms with van der Waals surface area (Å²) in [6.07, 6.45) is 9.09. The number of ether oxygens (including phenoxy) is 1. The lowest BCUT2D eigenvalue weighted by atomic mass is 10.1. The highest BCUT2D eigenvalue weighted by molar-refractivity contribution is 5.78. The van der Waals surface area contributed by atoms with Crippen LogP contribution in [0, 0.1) is 0 Å². The van der Waals surface area contributed by atoms with E-state index in [1.807, 2.05) is 27.7 Å². The summed E-state index contributed by atoms with van der Waals surface area (Å²) in [4.78, 5) is 11.4. The molecule has 0 saturated heterocycles. The van der Waals surface area contributed by atoms with Gasteiger partial charge in [0.15, 0.2) is 0 Å². The number of unbranched alkanes of at least 4 members (excludes halogenated alkanes) is 2. The van der Waals surface area contributed by atoms with Crippen LogP contribution in [0.4, 0.5) is 0 Å². The minimum atomic E-state index is 0.403. The van der Waals surface area contributed by atoms with Crippen molar-refractivity contribution < 1.29 is 9.53 Å². The van der Waals surface area contributed by atoms with Crippen molar-refractivity contribution in [2.24, 2.45) is 0 Å². The number of hydrogen-bond donors (Lipinski definition) is 0. The first kappa shape index (κ1) is 30.4. The maximum absolute atomic E-state index is 11.4. The van der Waals surface area contributed by atoms with Crippen LogP contribution in [-0.4, -0.2) is 12.4 Å². The Kier molecular flexibility index (Phi) is 30.3. The van der Waals surface area contributed by atoms with Gasteiger partial charge in [-0.15, -0.1) is 0 Å². The number of carbonyl (C=O) groups excluding carboxylic acids is 1. The van der Waals surface area contributed by atoms with Crippen molar-refractivity contribution in [3.63, 3.8) is 0 Å². The fraction of sp³-hybridized carbons (Fsp3) is 0.720. The van der Waals surface area contributed by atoms with Crippen molar-refractivity contribution in [3.05, 3.63) is 29.8 Å². The highest BCUT2D eigenvalue weighted by Gasteiger charge is 2.00. The molecule has 27 heavy (non-hydrogen) atoms. The Balaban J connectivity index is -0.000000725. The van der Waals surface area contributed by atoms with Gasteiger partial charge in [-0.3, -0.25) is 4.79 Å². The average molecular weight is 381 g/mol. The van der Waals surface area contributed by atoms with Crippen molar-refractivity contribution in [2.75, 3.05) is 6.61 Å². The maximum Gasteiger partial charge on any atom is 0.132 e. The molecule has 2 nitrogen and oxygen atoms in total. The lowest BCUT2D eigenvalue weighted by molar-refractivity contribution is -0.119. The van der Waals surface area contributed by atoms with Crippen molar-refractivity contribution in [1.82, 2.24) is 0 Å². The summed E-state index contributed by atoms with van der Waals surface area (Å²) in [6, 6.07) is 8.38. The van der Waals surface area contributed by atoms with Crippen molar-refractivity contribution in [3.8, 4) is 5.75 Å². The highest BCUT2D eigenvalue weighted by atomic mass is 16.5. The molecule has 1 aromatic rings. The third-order valence-electron chi connectivity index (χ3n) is 3.36. The van der Waals surface area contributed by atoms with E-state index in [1.165, 1.54) is 18.4 Å². The Morgan fingerprint density at radius 2 is 1.33 bits per heavy atom. The lowest BCUT2D eigenvalue weighted by Crippen LogP contribution is -2.00.